The predicted molar refractivity (Wildman–Crippen MR) is 93.7 cm³/mol. The number of esters is 1. The van der Waals surface area contributed by atoms with E-state index in [0.717, 1.165) is 11.1 Å². The molecule has 118 valence electrons. The lowest BCUT2D eigenvalue weighted by atomic mass is 10.1. The van der Waals surface area contributed by atoms with Gasteiger partial charge in [-0.1, -0.05) is 60.7 Å². The number of carbonyl (C=O) groups excluding carboxylic acids is 1. The smallest absolute Gasteiger partial charge is 0.339 e. The van der Waals surface area contributed by atoms with Crippen molar-refractivity contribution in [3.05, 3.63) is 97.3 Å². The molecule has 3 rings (SSSR count). The van der Waals surface area contributed by atoms with Crippen molar-refractivity contribution in [2.75, 3.05) is 0 Å². The van der Waals surface area contributed by atoms with E-state index in [4.69, 9.17) is 9.47 Å². The summed E-state index contributed by atoms with van der Waals surface area (Å²) in [5.74, 6) is 0.663. The average molecular weight is 316 g/mol. The highest BCUT2D eigenvalue weighted by Gasteiger charge is 2.02. The molecular weight excluding hydrogens is 300 g/mol. The monoisotopic (exact) mass is 316 g/mol. The molecule has 0 heterocycles. The van der Waals surface area contributed by atoms with Gasteiger partial charge in [-0.25, -0.2) is 4.79 Å². The second-order valence-electron chi connectivity index (χ2n) is 5.05. The van der Waals surface area contributed by atoms with Crippen LogP contribution in [-0.4, -0.2) is 5.97 Å². The Labute approximate surface area is 140 Å². The molecule has 0 unspecified atom stereocenters. The zero-order valence-electron chi connectivity index (χ0n) is 13.0. The Bertz CT molecular complexity index is 807. The van der Waals surface area contributed by atoms with Gasteiger partial charge in [0.15, 0.2) is 0 Å². The minimum absolute atomic E-state index is 0.488. The summed E-state index contributed by atoms with van der Waals surface area (Å²) in [6, 6.07) is 26.6. The summed E-state index contributed by atoms with van der Waals surface area (Å²) in [6.07, 6.45) is 2.56. The van der Waals surface area contributed by atoms with E-state index in [1.165, 1.54) is 12.3 Å². The first-order chi connectivity index (χ1) is 11.8. The molecule has 0 spiro atoms. The Morgan fingerprint density at radius 3 is 1.92 bits per heavy atom. The van der Waals surface area contributed by atoms with Crippen LogP contribution in [0.1, 0.15) is 0 Å². The van der Waals surface area contributed by atoms with Crippen molar-refractivity contribution in [1.82, 2.24) is 0 Å². The summed E-state index contributed by atoms with van der Waals surface area (Å²) in [6.45, 7) is 0. The van der Waals surface area contributed by atoms with Gasteiger partial charge in [-0.3, -0.25) is 0 Å². The molecule has 0 bridgehead atoms. The fourth-order valence-electron chi connectivity index (χ4n) is 2.16. The van der Waals surface area contributed by atoms with E-state index in [1.54, 1.807) is 24.3 Å². The van der Waals surface area contributed by atoms with E-state index in [1.807, 2.05) is 60.7 Å². The molecule has 0 atom stereocenters. The summed E-state index contributed by atoms with van der Waals surface area (Å²) in [7, 11) is 0. The molecule has 0 aliphatic rings. The first-order valence-electron chi connectivity index (χ1n) is 7.57. The molecule has 0 aliphatic carbocycles. The second-order valence-corrected chi connectivity index (χ2v) is 5.05. The van der Waals surface area contributed by atoms with Crippen LogP contribution in [0.5, 0.6) is 11.5 Å². The predicted octanol–water partition coefficient (Wildman–Crippen LogP) is 4.85. The SMILES string of the molecule is O=C(C=COc1ccccc1)Oc1ccc(-c2ccccc2)cc1. The molecule has 0 fully saturated rings. The van der Waals surface area contributed by atoms with Crippen LogP contribution in [0.3, 0.4) is 0 Å². The van der Waals surface area contributed by atoms with E-state index >= 15 is 0 Å². The lowest BCUT2D eigenvalue weighted by molar-refractivity contribution is -0.129. The highest BCUT2D eigenvalue weighted by molar-refractivity contribution is 5.84. The third kappa shape index (κ3) is 4.34. The van der Waals surface area contributed by atoms with Gasteiger partial charge in [-0.2, -0.15) is 0 Å². The first kappa shape index (κ1) is 15.6. The maximum Gasteiger partial charge on any atom is 0.339 e. The molecule has 3 nitrogen and oxygen atoms in total. The van der Waals surface area contributed by atoms with Gasteiger partial charge in [0.25, 0.3) is 0 Å². The van der Waals surface area contributed by atoms with Crippen molar-refractivity contribution in [2.45, 2.75) is 0 Å². The minimum Gasteiger partial charge on any atom is -0.465 e. The molecule has 0 saturated heterocycles. The second kappa shape index (κ2) is 7.79. The average Bonchev–Trinajstić information content (AvgIpc) is 2.64. The summed E-state index contributed by atoms with van der Waals surface area (Å²) >= 11 is 0. The maximum absolute atomic E-state index is 11.8. The zero-order valence-corrected chi connectivity index (χ0v) is 13.0. The van der Waals surface area contributed by atoms with Crippen molar-refractivity contribution < 1.29 is 14.3 Å². The first-order valence-corrected chi connectivity index (χ1v) is 7.57. The van der Waals surface area contributed by atoms with Crippen LogP contribution in [0.25, 0.3) is 11.1 Å². The fourth-order valence-corrected chi connectivity index (χ4v) is 2.16. The van der Waals surface area contributed by atoms with Crippen LogP contribution in [0.2, 0.25) is 0 Å². The number of rotatable bonds is 5. The van der Waals surface area contributed by atoms with Crippen LogP contribution >= 0.6 is 0 Å². The molecule has 0 amide bonds. The Balaban J connectivity index is 1.57. The number of carbonyl (C=O) groups is 1. The molecule has 24 heavy (non-hydrogen) atoms. The molecule has 3 aromatic rings. The number of hydrogen-bond donors (Lipinski definition) is 0. The Morgan fingerprint density at radius 2 is 1.25 bits per heavy atom. The number of ether oxygens (including phenoxy) is 2. The van der Waals surface area contributed by atoms with Gasteiger partial charge in [-0.15, -0.1) is 0 Å². The Morgan fingerprint density at radius 1 is 0.667 bits per heavy atom. The summed E-state index contributed by atoms with van der Waals surface area (Å²) in [5.41, 5.74) is 2.19. The largest absolute Gasteiger partial charge is 0.465 e. The molecule has 0 radical (unpaired) electrons. The van der Waals surface area contributed by atoms with Gasteiger partial charge in [0, 0.05) is 0 Å². The Hall–Kier alpha value is -3.33. The molecular formula is C21H16O3. The van der Waals surface area contributed by atoms with E-state index in [2.05, 4.69) is 0 Å². The van der Waals surface area contributed by atoms with Crippen molar-refractivity contribution in [2.24, 2.45) is 0 Å². The number of hydrogen-bond acceptors (Lipinski definition) is 3. The van der Waals surface area contributed by atoms with Crippen molar-refractivity contribution in [3.8, 4) is 22.6 Å². The van der Waals surface area contributed by atoms with Crippen molar-refractivity contribution in [3.63, 3.8) is 0 Å². The topological polar surface area (TPSA) is 35.5 Å². The van der Waals surface area contributed by atoms with E-state index in [-0.39, 0.29) is 0 Å². The molecule has 0 N–H and O–H groups in total. The van der Waals surface area contributed by atoms with Crippen LogP contribution < -0.4 is 9.47 Å². The number of para-hydroxylation sites is 1. The molecule has 3 aromatic carbocycles. The van der Waals surface area contributed by atoms with Gasteiger partial charge in [0.2, 0.25) is 0 Å². The standard InChI is InChI=1S/C21H16O3/c22-21(15-16-23-19-9-5-2-6-10-19)24-20-13-11-18(12-14-20)17-7-3-1-4-8-17/h1-16H. The molecule has 0 aliphatic heterocycles. The third-order valence-corrected chi connectivity index (χ3v) is 3.33. The molecule has 0 aromatic heterocycles. The fraction of sp³-hybridized carbons (Fsp3) is 0. The third-order valence-electron chi connectivity index (χ3n) is 3.33. The van der Waals surface area contributed by atoms with Gasteiger partial charge < -0.3 is 9.47 Å². The van der Waals surface area contributed by atoms with Gasteiger partial charge in [0.1, 0.15) is 11.5 Å². The van der Waals surface area contributed by atoms with Gasteiger partial charge in [0.05, 0.1) is 12.3 Å². The quantitative estimate of drug-likeness (QED) is 0.292. The highest BCUT2D eigenvalue weighted by atomic mass is 16.5. The van der Waals surface area contributed by atoms with Crippen molar-refractivity contribution >= 4 is 5.97 Å². The summed E-state index contributed by atoms with van der Waals surface area (Å²) in [4.78, 5) is 11.8. The minimum atomic E-state index is -0.488. The normalized spacial score (nSPS) is 10.5. The molecule has 3 heteroatoms. The lowest BCUT2D eigenvalue weighted by Gasteiger charge is -2.04. The van der Waals surface area contributed by atoms with E-state index in [9.17, 15) is 4.79 Å². The van der Waals surface area contributed by atoms with Crippen molar-refractivity contribution in [1.29, 1.82) is 0 Å². The van der Waals surface area contributed by atoms with Gasteiger partial charge >= 0.3 is 5.97 Å². The Kier molecular flexibility index (Phi) is 5.05. The summed E-state index contributed by atoms with van der Waals surface area (Å²) < 4.78 is 10.5. The highest BCUT2D eigenvalue weighted by Crippen LogP contribution is 2.22. The van der Waals surface area contributed by atoms with Crippen LogP contribution in [0.15, 0.2) is 97.3 Å². The van der Waals surface area contributed by atoms with Crippen LogP contribution in [-0.2, 0) is 4.79 Å². The summed E-state index contributed by atoms with van der Waals surface area (Å²) in [5, 5.41) is 0. The van der Waals surface area contributed by atoms with Gasteiger partial charge in [-0.05, 0) is 35.4 Å². The van der Waals surface area contributed by atoms with Crippen LogP contribution in [0, 0.1) is 0 Å². The molecule has 0 saturated carbocycles. The van der Waals surface area contributed by atoms with E-state index in [0.29, 0.717) is 11.5 Å². The van der Waals surface area contributed by atoms with Crippen LogP contribution in [0.4, 0.5) is 0 Å². The zero-order chi connectivity index (χ0) is 16.6. The number of benzene rings is 3. The lowest BCUT2D eigenvalue weighted by Crippen LogP contribution is -2.04. The maximum atomic E-state index is 11.8. The van der Waals surface area contributed by atoms with E-state index < -0.39 is 5.97 Å².